The SMILES string of the molecule is OCc1cnc2ccc(OCC(F)(F)F)cc2c1. The van der Waals surface area contributed by atoms with Crippen molar-refractivity contribution < 1.29 is 23.0 Å². The van der Waals surface area contributed by atoms with Crippen LogP contribution in [0.25, 0.3) is 10.9 Å². The van der Waals surface area contributed by atoms with E-state index in [1.165, 1.54) is 18.3 Å². The Morgan fingerprint density at radius 1 is 1.22 bits per heavy atom. The molecule has 0 aliphatic heterocycles. The molecule has 0 radical (unpaired) electrons. The summed E-state index contributed by atoms with van der Waals surface area (Å²) in [5.74, 6) is 0.122. The second-order valence-electron chi connectivity index (χ2n) is 3.76. The van der Waals surface area contributed by atoms with Crippen LogP contribution in [0.2, 0.25) is 0 Å². The lowest BCUT2D eigenvalue weighted by Crippen LogP contribution is -2.19. The minimum absolute atomic E-state index is 0.122. The van der Waals surface area contributed by atoms with E-state index in [1.807, 2.05) is 0 Å². The van der Waals surface area contributed by atoms with E-state index in [1.54, 1.807) is 12.1 Å². The maximum absolute atomic E-state index is 12.0. The van der Waals surface area contributed by atoms with Gasteiger partial charge in [-0.3, -0.25) is 4.98 Å². The highest BCUT2D eigenvalue weighted by molar-refractivity contribution is 5.80. The number of benzene rings is 1. The fourth-order valence-corrected chi connectivity index (χ4v) is 1.50. The molecule has 1 aromatic heterocycles. The van der Waals surface area contributed by atoms with Gasteiger partial charge in [0.05, 0.1) is 12.1 Å². The highest BCUT2D eigenvalue weighted by atomic mass is 19.4. The first-order valence-corrected chi connectivity index (χ1v) is 5.17. The predicted octanol–water partition coefficient (Wildman–Crippen LogP) is 2.67. The molecule has 96 valence electrons. The maximum atomic E-state index is 12.0. The molecule has 0 amide bonds. The Labute approximate surface area is 101 Å². The van der Waals surface area contributed by atoms with Crippen molar-refractivity contribution in [1.82, 2.24) is 4.98 Å². The van der Waals surface area contributed by atoms with Gasteiger partial charge in [0, 0.05) is 11.6 Å². The van der Waals surface area contributed by atoms with Gasteiger partial charge in [0.1, 0.15) is 5.75 Å². The van der Waals surface area contributed by atoms with Gasteiger partial charge in [-0.1, -0.05) is 0 Å². The molecule has 0 atom stereocenters. The first-order chi connectivity index (χ1) is 8.48. The van der Waals surface area contributed by atoms with Gasteiger partial charge in [-0.25, -0.2) is 0 Å². The lowest BCUT2D eigenvalue weighted by Gasteiger charge is -2.09. The van der Waals surface area contributed by atoms with Gasteiger partial charge >= 0.3 is 6.18 Å². The monoisotopic (exact) mass is 257 g/mol. The summed E-state index contributed by atoms with van der Waals surface area (Å²) in [6.45, 7) is -1.50. The van der Waals surface area contributed by atoms with Crippen LogP contribution in [0, 0.1) is 0 Å². The number of aliphatic hydroxyl groups is 1. The molecule has 18 heavy (non-hydrogen) atoms. The third-order valence-electron chi connectivity index (χ3n) is 2.29. The predicted molar refractivity (Wildman–Crippen MR) is 59.2 cm³/mol. The van der Waals surface area contributed by atoms with E-state index in [0.717, 1.165) is 0 Å². The molecule has 0 aliphatic rings. The molecule has 1 aromatic carbocycles. The number of hydrogen-bond acceptors (Lipinski definition) is 3. The van der Waals surface area contributed by atoms with Gasteiger partial charge in [0.25, 0.3) is 0 Å². The zero-order chi connectivity index (χ0) is 13.2. The zero-order valence-corrected chi connectivity index (χ0v) is 9.24. The molecular weight excluding hydrogens is 247 g/mol. The Morgan fingerprint density at radius 2 is 2.00 bits per heavy atom. The molecular formula is C12H10F3NO2. The molecule has 3 nitrogen and oxygen atoms in total. The second-order valence-corrected chi connectivity index (χ2v) is 3.76. The van der Waals surface area contributed by atoms with Crippen LogP contribution >= 0.6 is 0 Å². The highest BCUT2D eigenvalue weighted by Gasteiger charge is 2.28. The van der Waals surface area contributed by atoms with E-state index in [2.05, 4.69) is 9.72 Å². The van der Waals surface area contributed by atoms with E-state index >= 15 is 0 Å². The standard InChI is InChI=1S/C12H10F3NO2/c13-12(14,15)7-18-10-1-2-11-9(4-10)3-8(6-17)5-16-11/h1-5,17H,6-7H2. The van der Waals surface area contributed by atoms with Gasteiger partial charge < -0.3 is 9.84 Å². The smallest absolute Gasteiger partial charge is 0.422 e. The lowest BCUT2D eigenvalue weighted by atomic mass is 10.1. The molecule has 6 heteroatoms. The Balaban J connectivity index is 2.25. The van der Waals surface area contributed by atoms with Crippen molar-refractivity contribution >= 4 is 10.9 Å². The van der Waals surface area contributed by atoms with Crippen LogP contribution in [-0.4, -0.2) is 22.9 Å². The first-order valence-electron chi connectivity index (χ1n) is 5.17. The van der Waals surface area contributed by atoms with Crippen molar-refractivity contribution in [1.29, 1.82) is 0 Å². The normalized spacial score (nSPS) is 11.8. The molecule has 0 fully saturated rings. The average molecular weight is 257 g/mol. The molecule has 1 N–H and O–H groups in total. The Hall–Kier alpha value is -1.82. The molecule has 0 aliphatic carbocycles. The van der Waals surface area contributed by atoms with Gasteiger partial charge in [0.15, 0.2) is 6.61 Å². The van der Waals surface area contributed by atoms with Crippen molar-refractivity contribution in [3.63, 3.8) is 0 Å². The summed E-state index contributed by atoms with van der Waals surface area (Å²) < 4.78 is 40.6. The fourth-order valence-electron chi connectivity index (χ4n) is 1.50. The number of rotatable bonds is 3. The third-order valence-corrected chi connectivity index (χ3v) is 2.29. The van der Waals surface area contributed by atoms with Crippen molar-refractivity contribution in [3.8, 4) is 5.75 Å². The van der Waals surface area contributed by atoms with Crippen LogP contribution in [0.1, 0.15) is 5.56 Å². The van der Waals surface area contributed by atoms with Crippen LogP contribution in [-0.2, 0) is 6.61 Å². The van der Waals surface area contributed by atoms with Crippen LogP contribution in [0.3, 0.4) is 0 Å². The summed E-state index contributed by atoms with van der Waals surface area (Å²) >= 11 is 0. The number of fused-ring (bicyclic) bond motifs is 1. The summed E-state index contributed by atoms with van der Waals surface area (Å²) in [7, 11) is 0. The Kier molecular flexibility index (Phi) is 3.38. The van der Waals surface area contributed by atoms with Gasteiger partial charge in [0.2, 0.25) is 0 Å². The number of hydrogen-bond donors (Lipinski definition) is 1. The number of aliphatic hydroxyl groups excluding tert-OH is 1. The van der Waals surface area contributed by atoms with E-state index in [9.17, 15) is 13.2 Å². The number of aromatic nitrogens is 1. The van der Waals surface area contributed by atoms with Gasteiger partial charge in [-0.15, -0.1) is 0 Å². The van der Waals surface area contributed by atoms with E-state index in [-0.39, 0.29) is 12.4 Å². The molecule has 2 aromatic rings. The fraction of sp³-hybridized carbons (Fsp3) is 0.250. The molecule has 0 bridgehead atoms. The molecule has 1 heterocycles. The maximum Gasteiger partial charge on any atom is 0.422 e. The van der Waals surface area contributed by atoms with Crippen LogP contribution in [0.4, 0.5) is 13.2 Å². The molecule has 2 rings (SSSR count). The molecule has 0 saturated heterocycles. The topological polar surface area (TPSA) is 42.4 Å². The van der Waals surface area contributed by atoms with Gasteiger partial charge in [-0.2, -0.15) is 13.2 Å². The summed E-state index contributed by atoms with van der Waals surface area (Å²) in [5.41, 5.74) is 1.22. The summed E-state index contributed by atoms with van der Waals surface area (Å²) in [6.07, 6.45) is -2.85. The van der Waals surface area contributed by atoms with E-state index in [4.69, 9.17) is 5.11 Å². The summed E-state index contributed by atoms with van der Waals surface area (Å²) in [5, 5.41) is 9.58. The number of halogens is 3. The largest absolute Gasteiger partial charge is 0.484 e. The van der Waals surface area contributed by atoms with Gasteiger partial charge in [-0.05, 0) is 29.8 Å². The zero-order valence-electron chi connectivity index (χ0n) is 9.24. The number of pyridine rings is 1. The van der Waals surface area contributed by atoms with E-state index in [0.29, 0.717) is 16.5 Å². The van der Waals surface area contributed by atoms with Crippen molar-refractivity contribution in [3.05, 3.63) is 36.0 Å². The van der Waals surface area contributed by atoms with Crippen LogP contribution in [0.5, 0.6) is 5.75 Å². The number of nitrogens with zero attached hydrogens (tertiary/aromatic N) is 1. The lowest BCUT2D eigenvalue weighted by molar-refractivity contribution is -0.153. The minimum Gasteiger partial charge on any atom is -0.484 e. The molecule has 0 saturated carbocycles. The van der Waals surface area contributed by atoms with Crippen molar-refractivity contribution in [2.24, 2.45) is 0 Å². The quantitative estimate of drug-likeness (QED) is 0.919. The first kappa shape index (κ1) is 12.6. The Bertz CT molecular complexity index is 555. The summed E-state index contributed by atoms with van der Waals surface area (Å²) in [6, 6.07) is 6.12. The second kappa shape index (κ2) is 4.81. The summed E-state index contributed by atoms with van der Waals surface area (Å²) in [4.78, 5) is 4.06. The number of ether oxygens (including phenoxy) is 1. The van der Waals surface area contributed by atoms with Crippen molar-refractivity contribution in [2.75, 3.05) is 6.61 Å². The van der Waals surface area contributed by atoms with Crippen molar-refractivity contribution in [2.45, 2.75) is 12.8 Å². The third kappa shape index (κ3) is 3.10. The van der Waals surface area contributed by atoms with Crippen LogP contribution in [0.15, 0.2) is 30.5 Å². The highest BCUT2D eigenvalue weighted by Crippen LogP contribution is 2.23. The molecule has 0 unspecified atom stereocenters. The average Bonchev–Trinajstić information content (AvgIpc) is 2.34. The minimum atomic E-state index is -4.36. The Morgan fingerprint density at radius 3 is 2.67 bits per heavy atom. The number of alkyl halides is 3. The molecule has 0 spiro atoms. The van der Waals surface area contributed by atoms with E-state index < -0.39 is 12.8 Å². The van der Waals surface area contributed by atoms with Crippen LogP contribution < -0.4 is 4.74 Å².